The van der Waals surface area contributed by atoms with Crippen molar-refractivity contribution >= 4 is 32.5 Å². The van der Waals surface area contributed by atoms with E-state index in [1.54, 1.807) is 0 Å². The highest BCUT2D eigenvalue weighted by Crippen LogP contribution is 2.36. The molecule has 0 radical (unpaired) electrons. The third-order valence-corrected chi connectivity index (χ3v) is 6.46. The number of aromatic nitrogens is 1. The number of nitrogens with one attached hydrogen (secondary N) is 1. The van der Waals surface area contributed by atoms with Gasteiger partial charge in [-0.15, -0.1) is 0 Å². The number of nitrogens with zero attached hydrogens (tertiary/aromatic N) is 2. The Balaban J connectivity index is 1.39. The summed E-state index contributed by atoms with van der Waals surface area (Å²) in [6.45, 7) is 8.26. The molecule has 1 N–H and O–H groups in total. The third kappa shape index (κ3) is 5.31. The quantitative estimate of drug-likeness (QED) is 0.433. The summed E-state index contributed by atoms with van der Waals surface area (Å²) in [5.74, 6) is 2.69. The Bertz CT molecular complexity index is 986. The van der Waals surface area contributed by atoms with Gasteiger partial charge in [0.2, 0.25) is 0 Å². The van der Waals surface area contributed by atoms with Crippen molar-refractivity contribution in [1.29, 1.82) is 0 Å². The molecule has 5 nitrogen and oxygen atoms in total. The molecule has 1 aliphatic heterocycles. The van der Waals surface area contributed by atoms with E-state index in [1.165, 1.54) is 16.3 Å². The highest BCUT2D eigenvalue weighted by Gasteiger charge is 2.21. The molecule has 31 heavy (non-hydrogen) atoms. The van der Waals surface area contributed by atoms with E-state index in [0.717, 1.165) is 54.3 Å². The van der Waals surface area contributed by atoms with Gasteiger partial charge in [0.05, 0.1) is 13.2 Å². The Labute approximate surface area is 192 Å². The fourth-order valence-corrected chi connectivity index (χ4v) is 4.62. The van der Waals surface area contributed by atoms with E-state index in [4.69, 9.17) is 9.47 Å². The number of likely N-dealkylation sites (tertiary alicyclic amines) is 1. The van der Waals surface area contributed by atoms with Gasteiger partial charge in [0.25, 0.3) is 0 Å². The molecule has 0 spiro atoms. The van der Waals surface area contributed by atoms with Gasteiger partial charge in [-0.2, -0.15) is 0 Å². The van der Waals surface area contributed by atoms with Crippen LogP contribution in [-0.2, 0) is 6.54 Å². The first-order chi connectivity index (χ1) is 15.2. The molecule has 0 atom stereocenters. The maximum atomic E-state index is 5.81. The standard InChI is InChI=1S/C25H30BrN3O2/c1-3-30-22-15-18(16-23(24(22)26)31-4-2)17-29-13-10-20(11-14-29)28-25-21-8-6-5-7-19(21)9-12-27-25/h5-9,12,15-16,20H,3-4,10-11,13-14,17H2,1-2H3,(H,27,28). The van der Waals surface area contributed by atoms with Gasteiger partial charge in [-0.05, 0) is 71.8 Å². The monoisotopic (exact) mass is 483 g/mol. The molecule has 2 aromatic carbocycles. The van der Waals surface area contributed by atoms with E-state index in [9.17, 15) is 0 Å². The van der Waals surface area contributed by atoms with Crippen LogP contribution in [0.5, 0.6) is 11.5 Å². The minimum Gasteiger partial charge on any atom is -0.493 e. The molecule has 1 saturated heterocycles. The Morgan fingerprint density at radius 1 is 1.03 bits per heavy atom. The Kier molecular flexibility index (Phi) is 7.30. The van der Waals surface area contributed by atoms with Gasteiger partial charge in [0, 0.05) is 37.3 Å². The molecular weight excluding hydrogens is 454 g/mol. The van der Waals surface area contributed by atoms with Crippen molar-refractivity contribution in [1.82, 2.24) is 9.88 Å². The lowest BCUT2D eigenvalue weighted by Crippen LogP contribution is -2.38. The first-order valence-corrected chi connectivity index (χ1v) is 11.9. The predicted molar refractivity (Wildman–Crippen MR) is 130 cm³/mol. The van der Waals surface area contributed by atoms with Crippen molar-refractivity contribution in [2.45, 2.75) is 39.3 Å². The average molecular weight is 484 g/mol. The molecule has 1 aromatic heterocycles. The number of fused-ring (bicyclic) bond motifs is 1. The molecule has 0 unspecified atom stereocenters. The third-order valence-electron chi connectivity index (χ3n) is 5.67. The number of halogens is 1. The number of anilines is 1. The maximum Gasteiger partial charge on any atom is 0.137 e. The van der Waals surface area contributed by atoms with Crippen molar-refractivity contribution in [3.8, 4) is 11.5 Å². The lowest BCUT2D eigenvalue weighted by molar-refractivity contribution is 0.210. The van der Waals surface area contributed by atoms with Crippen LogP contribution in [0.4, 0.5) is 5.82 Å². The fourth-order valence-electron chi connectivity index (χ4n) is 4.16. The molecular formula is C25H30BrN3O2. The summed E-state index contributed by atoms with van der Waals surface area (Å²) < 4.78 is 12.5. The van der Waals surface area contributed by atoms with Gasteiger partial charge in [0.15, 0.2) is 0 Å². The predicted octanol–water partition coefficient (Wildman–Crippen LogP) is 5.87. The molecule has 164 valence electrons. The Morgan fingerprint density at radius 3 is 2.39 bits per heavy atom. The molecule has 0 bridgehead atoms. The highest BCUT2D eigenvalue weighted by molar-refractivity contribution is 9.10. The molecule has 2 heterocycles. The van der Waals surface area contributed by atoms with Gasteiger partial charge in [0.1, 0.15) is 21.8 Å². The van der Waals surface area contributed by atoms with Crippen LogP contribution in [0, 0.1) is 0 Å². The molecule has 0 amide bonds. The average Bonchev–Trinajstić information content (AvgIpc) is 2.79. The lowest BCUT2D eigenvalue weighted by atomic mass is 10.0. The van der Waals surface area contributed by atoms with E-state index in [2.05, 4.69) is 73.6 Å². The summed E-state index contributed by atoms with van der Waals surface area (Å²) >= 11 is 3.62. The second kappa shape index (κ2) is 10.3. The van der Waals surface area contributed by atoms with E-state index >= 15 is 0 Å². The first kappa shape index (κ1) is 21.9. The van der Waals surface area contributed by atoms with E-state index < -0.39 is 0 Å². The van der Waals surface area contributed by atoms with Gasteiger partial charge in [-0.3, -0.25) is 4.90 Å². The highest BCUT2D eigenvalue weighted by atomic mass is 79.9. The number of pyridine rings is 1. The fraction of sp³-hybridized carbons (Fsp3) is 0.400. The van der Waals surface area contributed by atoms with E-state index in [-0.39, 0.29) is 0 Å². The summed E-state index contributed by atoms with van der Waals surface area (Å²) in [6, 6.07) is 15.2. The summed E-state index contributed by atoms with van der Waals surface area (Å²) in [6.07, 6.45) is 4.08. The molecule has 6 heteroatoms. The molecule has 0 saturated carbocycles. The number of hydrogen-bond acceptors (Lipinski definition) is 5. The van der Waals surface area contributed by atoms with Crippen molar-refractivity contribution in [3.63, 3.8) is 0 Å². The lowest BCUT2D eigenvalue weighted by Gasteiger charge is -2.33. The van der Waals surface area contributed by atoms with Gasteiger partial charge in [-0.1, -0.05) is 24.3 Å². The molecule has 4 rings (SSSR count). The minimum atomic E-state index is 0.442. The molecule has 0 aliphatic carbocycles. The number of ether oxygens (including phenoxy) is 2. The van der Waals surface area contributed by atoms with Crippen molar-refractivity contribution in [2.24, 2.45) is 0 Å². The van der Waals surface area contributed by atoms with Gasteiger partial charge in [-0.25, -0.2) is 4.98 Å². The topological polar surface area (TPSA) is 46.6 Å². The molecule has 1 fully saturated rings. The van der Waals surface area contributed by atoms with Crippen LogP contribution >= 0.6 is 15.9 Å². The Hall–Kier alpha value is -2.31. The van der Waals surface area contributed by atoms with Crippen LogP contribution in [0.25, 0.3) is 10.8 Å². The molecule has 3 aromatic rings. The number of benzene rings is 2. The summed E-state index contributed by atoms with van der Waals surface area (Å²) in [4.78, 5) is 7.10. The second-order valence-electron chi connectivity index (χ2n) is 7.85. The number of hydrogen-bond donors (Lipinski definition) is 1. The summed E-state index contributed by atoms with van der Waals surface area (Å²) in [7, 11) is 0. The van der Waals surface area contributed by atoms with Crippen molar-refractivity contribution in [3.05, 3.63) is 58.7 Å². The number of rotatable bonds is 8. The van der Waals surface area contributed by atoms with Gasteiger partial charge >= 0.3 is 0 Å². The first-order valence-electron chi connectivity index (χ1n) is 11.1. The zero-order valence-electron chi connectivity index (χ0n) is 18.2. The van der Waals surface area contributed by atoms with Crippen LogP contribution in [0.15, 0.2) is 53.1 Å². The normalized spacial score (nSPS) is 15.2. The smallest absolute Gasteiger partial charge is 0.137 e. The van der Waals surface area contributed by atoms with Crippen LogP contribution in [0.1, 0.15) is 32.3 Å². The minimum absolute atomic E-state index is 0.442. The SMILES string of the molecule is CCOc1cc(CN2CCC(Nc3nccc4ccccc34)CC2)cc(OCC)c1Br. The van der Waals surface area contributed by atoms with Crippen LogP contribution < -0.4 is 14.8 Å². The summed E-state index contributed by atoms with van der Waals surface area (Å²) in [5.41, 5.74) is 1.22. The van der Waals surface area contributed by atoms with Crippen LogP contribution in [0.3, 0.4) is 0 Å². The van der Waals surface area contributed by atoms with E-state index in [1.807, 2.05) is 20.0 Å². The van der Waals surface area contributed by atoms with Crippen molar-refractivity contribution < 1.29 is 9.47 Å². The van der Waals surface area contributed by atoms with Gasteiger partial charge < -0.3 is 14.8 Å². The largest absolute Gasteiger partial charge is 0.493 e. The Morgan fingerprint density at radius 2 is 1.71 bits per heavy atom. The van der Waals surface area contributed by atoms with Crippen LogP contribution in [0.2, 0.25) is 0 Å². The second-order valence-corrected chi connectivity index (χ2v) is 8.64. The van der Waals surface area contributed by atoms with Crippen LogP contribution in [-0.4, -0.2) is 42.2 Å². The maximum absolute atomic E-state index is 5.81. The van der Waals surface area contributed by atoms with E-state index in [0.29, 0.717) is 19.3 Å². The number of piperidine rings is 1. The molecule has 1 aliphatic rings. The van der Waals surface area contributed by atoms with Crippen molar-refractivity contribution in [2.75, 3.05) is 31.6 Å². The zero-order chi connectivity index (χ0) is 21.6. The zero-order valence-corrected chi connectivity index (χ0v) is 19.8. The summed E-state index contributed by atoms with van der Waals surface area (Å²) in [5, 5.41) is 6.10.